The van der Waals surface area contributed by atoms with Crippen molar-refractivity contribution in [2.45, 2.75) is 13.8 Å². The molecule has 10 nitrogen and oxygen atoms in total. The highest BCUT2D eigenvalue weighted by Gasteiger charge is 2.19. The molecular formula is C33H32N6O4. The molecule has 6 rings (SSSR count). The molecule has 1 fully saturated rings. The summed E-state index contributed by atoms with van der Waals surface area (Å²) in [5, 5.41) is 6.64. The van der Waals surface area contributed by atoms with Crippen molar-refractivity contribution in [2.75, 3.05) is 53.8 Å². The summed E-state index contributed by atoms with van der Waals surface area (Å²) < 4.78 is 11.4. The molecule has 5 aromatic rings. The maximum absolute atomic E-state index is 12.6. The van der Waals surface area contributed by atoms with Crippen LogP contribution in [0.4, 0.5) is 27.7 Å². The largest absolute Gasteiger partial charge is 0.461 e. The maximum atomic E-state index is 12.6. The van der Waals surface area contributed by atoms with Gasteiger partial charge >= 0.3 is 6.03 Å². The van der Waals surface area contributed by atoms with Crippen molar-refractivity contribution < 1.29 is 18.7 Å². The fourth-order valence-corrected chi connectivity index (χ4v) is 4.95. The fourth-order valence-electron chi connectivity index (χ4n) is 4.95. The predicted molar refractivity (Wildman–Crippen MR) is 169 cm³/mol. The topological polar surface area (TPSA) is 113 Å². The number of carbonyl (C=O) groups excluding carboxylic acids is 2. The van der Waals surface area contributed by atoms with Crippen LogP contribution in [0, 0.1) is 6.92 Å². The number of nitrogens with zero attached hydrogens (tertiary/aromatic N) is 4. The van der Waals surface area contributed by atoms with E-state index in [0.29, 0.717) is 30.4 Å². The number of morpholine rings is 1. The number of hydrogen-bond acceptors (Lipinski definition) is 7. The van der Waals surface area contributed by atoms with Crippen molar-refractivity contribution in [1.29, 1.82) is 0 Å². The molecule has 0 saturated carbocycles. The first-order valence-electron chi connectivity index (χ1n) is 14.1. The molecule has 3 heterocycles. The first kappa shape index (κ1) is 27.9. The van der Waals surface area contributed by atoms with Crippen molar-refractivity contribution >= 4 is 45.7 Å². The molecule has 2 N–H and O–H groups in total. The van der Waals surface area contributed by atoms with E-state index in [1.54, 1.807) is 31.3 Å². The molecule has 3 amide bonds. The number of aryl methyl sites for hydroxylation is 1. The van der Waals surface area contributed by atoms with E-state index < -0.39 is 0 Å². The minimum atomic E-state index is -0.377. The van der Waals surface area contributed by atoms with Crippen molar-refractivity contribution in [3.05, 3.63) is 84.6 Å². The van der Waals surface area contributed by atoms with Gasteiger partial charge in [-0.15, -0.1) is 0 Å². The summed E-state index contributed by atoms with van der Waals surface area (Å²) in [5.74, 6) is 3.04. The molecule has 43 heavy (non-hydrogen) atoms. The summed E-state index contributed by atoms with van der Waals surface area (Å²) >= 11 is 0. The summed E-state index contributed by atoms with van der Waals surface area (Å²) in [7, 11) is 1.70. The summed E-state index contributed by atoms with van der Waals surface area (Å²) in [6.45, 7) is 6.22. The number of fused-ring (bicyclic) bond motifs is 1. The lowest BCUT2D eigenvalue weighted by Gasteiger charge is -2.29. The Balaban J connectivity index is 1.23. The molecule has 2 aromatic heterocycles. The third-order valence-corrected chi connectivity index (χ3v) is 7.40. The third-order valence-electron chi connectivity index (χ3n) is 7.40. The summed E-state index contributed by atoms with van der Waals surface area (Å²) in [4.78, 5) is 37.9. The van der Waals surface area contributed by atoms with Gasteiger partial charge in [-0.25, -0.2) is 14.8 Å². The first-order chi connectivity index (χ1) is 20.8. The van der Waals surface area contributed by atoms with Gasteiger partial charge in [0.15, 0.2) is 5.82 Å². The number of aromatic nitrogens is 2. The monoisotopic (exact) mass is 576 g/mol. The van der Waals surface area contributed by atoms with Crippen LogP contribution in [-0.4, -0.2) is 55.3 Å². The second kappa shape index (κ2) is 11.9. The summed E-state index contributed by atoms with van der Waals surface area (Å²) in [5.41, 5.74) is 4.57. The van der Waals surface area contributed by atoms with Crippen LogP contribution in [-0.2, 0) is 9.53 Å². The lowest BCUT2D eigenvalue weighted by molar-refractivity contribution is -0.116. The van der Waals surface area contributed by atoms with Crippen molar-refractivity contribution in [3.8, 4) is 22.7 Å². The molecule has 1 saturated heterocycles. The second-order valence-electron chi connectivity index (χ2n) is 10.4. The molecule has 1 aliphatic heterocycles. The molecule has 0 spiro atoms. The van der Waals surface area contributed by atoms with Crippen LogP contribution in [0.15, 0.2) is 83.3 Å². The van der Waals surface area contributed by atoms with E-state index in [2.05, 4.69) is 21.6 Å². The number of amides is 3. The average molecular weight is 577 g/mol. The normalized spacial score (nSPS) is 13.1. The number of urea groups is 1. The van der Waals surface area contributed by atoms with Gasteiger partial charge < -0.3 is 29.6 Å². The van der Waals surface area contributed by atoms with Gasteiger partial charge in [0.05, 0.1) is 18.7 Å². The molecule has 218 valence electrons. The van der Waals surface area contributed by atoms with Crippen LogP contribution in [0.25, 0.3) is 33.6 Å². The van der Waals surface area contributed by atoms with Gasteiger partial charge in [0.25, 0.3) is 0 Å². The van der Waals surface area contributed by atoms with Gasteiger partial charge in [0, 0.05) is 60.6 Å². The van der Waals surface area contributed by atoms with Gasteiger partial charge in [-0.2, -0.15) is 0 Å². The van der Waals surface area contributed by atoms with E-state index in [1.807, 2.05) is 55.5 Å². The number of hydrogen-bond donors (Lipinski definition) is 2. The van der Waals surface area contributed by atoms with Crippen LogP contribution < -0.4 is 20.4 Å². The Bertz CT molecular complexity index is 1780. The Kier molecular flexibility index (Phi) is 7.76. The van der Waals surface area contributed by atoms with Crippen molar-refractivity contribution in [2.24, 2.45) is 0 Å². The van der Waals surface area contributed by atoms with E-state index >= 15 is 0 Å². The van der Waals surface area contributed by atoms with Crippen molar-refractivity contribution in [3.63, 3.8) is 0 Å². The summed E-state index contributed by atoms with van der Waals surface area (Å²) in [6, 6.07) is 24.2. The van der Waals surface area contributed by atoms with Gasteiger partial charge in [-0.1, -0.05) is 6.07 Å². The highest BCUT2D eigenvalue weighted by Crippen LogP contribution is 2.32. The highest BCUT2D eigenvalue weighted by molar-refractivity contribution is 6.00. The Morgan fingerprint density at radius 2 is 1.49 bits per heavy atom. The highest BCUT2D eigenvalue weighted by atomic mass is 16.5. The predicted octanol–water partition coefficient (Wildman–Crippen LogP) is 6.33. The molecule has 0 bridgehead atoms. The molecule has 0 unspecified atom stereocenters. The third kappa shape index (κ3) is 6.19. The number of benzene rings is 3. The van der Waals surface area contributed by atoms with Gasteiger partial charge in [-0.05, 0) is 79.7 Å². The zero-order valence-electron chi connectivity index (χ0n) is 24.3. The Labute approximate surface area is 249 Å². The van der Waals surface area contributed by atoms with E-state index in [-0.39, 0.29) is 11.9 Å². The standard InChI is InChI=1S/C33H32N6O4/c1-21-4-15-30(43-21)24-7-14-28-29(20-24)36-31(37-32(28)39-16-18-42-19-17-39)23-5-8-25(9-6-23)34-33(41)35-26-10-12-27(13-11-26)38(3)22(2)40/h4-15,20H,16-19H2,1-3H3,(H2,34,35,41). The molecular weight excluding hydrogens is 544 g/mol. The van der Waals surface area contributed by atoms with Gasteiger partial charge in [0.1, 0.15) is 17.3 Å². The van der Waals surface area contributed by atoms with Gasteiger partial charge in [-0.3, -0.25) is 4.79 Å². The smallest absolute Gasteiger partial charge is 0.323 e. The number of furan rings is 1. The van der Waals surface area contributed by atoms with Crippen LogP contribution in [0.1, 0.15) is 12.7 Å². The second-order valence-corrected chi connectivity index (χ2v) is 10.4. The summed E-state index contributed by atoms with van der Waals surface area (Å²) in [6.07, 6.45) is 0. The van der Waals surface area contributed by atoms with E-state index in [9.17, 15) is 9.59 Å². The zero-order valence-corrected chi connectivity index (χ0v) is 24.3. The number of ether oxygens (including phenoxy) is 1. The minimum absolute atomic E-state index is 0.0676. The average Bonchev–Trinajstić information content (AvgIpc) is 3.47. The first-order valence-corrected chi connectivity index (χ1v) is 14.1. The lowest BCUT2D eigenvalue weighted by Crippen LogP contribution is -2.37. The van der Waals surface area contributed by atoms with E-state index in [4.69, 9.17) is 19.1 Å². The fraction of sp³-hybridized carbons (Fsp3) is 0.212. The van der Waals surface area contributed by atoms with Crippen LogP contribution in [0.3, 0.4) is 0 Å². The molecule has 10 heteroatoms. The van der Waals surface area contributed by atoms with E-state index in [1.165, 1.54) is 11.8 Å². The lowest BCUT2D eigenvalue weighted by atomic mass is 10.1. The molecule has 0 radical (unpaired) electrons. The van der Waals surface area contributed by atoms with Crippen LogP contribution >= 0.6 is 0 Å². The molecule has 0 aliphatic carbocycles. The number of carbonyl (C=O) groups is 2. The van der Waals surface area contributed by atoms with Gasteiger partial charge in [0.2, 0.25) is 5.91 Å². The Morgan fingerprint density at radius 1 is 0.837 bits per heavy atom. The SMILES string of the molecule is CC(=O)N(C)c1ccc(NC(=O)Nc2ccc(-c3nc(N4CCOCC4)c4ccc(-c5ccc(C)o5)cc4n3)cc2)cc1. The maximum Gasteiger partial charge on any atom is 0.323 e. The van der Waals surface area contributed by atoms with Crippen LogP contribution in [0.5, 0.6) is 0 Å². The number of rotatable bonds is 6. The van der Waals surface area contributed by atoms with Crippen LogP contribution in [0.2, 0.25) is 0 Å². The quantitative estimate of drug-likeness (QED) is 0.243. The molecule has 1 aliphatic rings. The molecule has 0 atom stereocenters. The van der Waals surface area contributed by atoms with Crippen molar-refractivity contribution in [1.82, 2.24) is 9.97 Å². The molecule has 3 aromatic carbocycles. The minimum Gasteiger partial charge on any atom is -0.461 e. The zero-order chi connectivity index (χ0) is 29.9. The Hall–Kier alpha value is -5.22. The number of anilines is 4. The number of nitrogens with one attached hydrogen (secondary N) is 2. The Morgan fingerprint density at radius 3 is 2.12 bits per heavy atom. The van der Waals surface area contributed by atoms with E-state index in [0.717, 1.165) is 58.1 Å².